The summed E-state index contributed by atoms with van der Waals surface area (Å²) in [5.41, 5.74) is 3.57. The maximum atomic E-state index is 13.6. The van der Waals surface area contributed by atoms with E-state index in [0.29, 0.717) is 18.2 Å². The van der Waals surface area contributed by atoms with Gasteiger partial charge in [-0.15, -0.1) is 0 Å². The molecule has 5 rings (SSSR count). The van der Waals surface area contributed by atoms with Crippen LogP contribution in [0.15, 0.2) is 103 Å². The molecule has 0 fully saturated rings. The van der Waals surface area contributed by atoms with Gasteiger partial charge in [-0.05, 0) is 54.0 Å². The van der Waals surface area contributed by atoms with Gasteiger partial charge in [0.1, 0.15) is 23.8 Å². The number of carbonyl (C=O) groups is 3. The highest BCUT2D eigenvalue weighted by Gasteiger charge is 2.25. The Balaban J connectivity index is 1.39. The van der Waals surface area contributed by atoms with E-state index in [-0.39, 0.29) is 17.9 Å². The molecular weight excluding hydrogens is 504 g/mol. The molecule has 200 valence electrons. The summed E-state index contributed by atoms with van der Waals surface area (Å²) in [5, 5.41) is 17.4. The minimum Gasteiger partial charge on any atom is -0.508 e. The molecule has 0 saturated carbocycles. The number of aromatic amines is 1. The largest absolute Gasteiger partial charge is 0.508 e. The number of pyridine rings is 1. The summed E-state index contributed by atoms with van der Waals surface area (Å²) in [6.07, 6.45) is 6.16. The monoisotopic (exact) mass is 532 g/mol. The van der Waals surface area contributed by atoms with E-state index >= 15 is 0 Å². The highest BCUT2D eigenvalue weighted by molar-refractivity contribution is 5.98. The number of hydrogen-bond acceptors (Lipinski definition) is 5. The molecule has 2 aromatic heterocycles. The fraction of sp³-hybridized carbons (Fsp3) is 0.125. The van der Waals surface area contributed by atoms with Crippen LogP contribution in [0.25, 0.3) is 21.8 Å². The Bertz CT molecular complexity index is 1690. The number of allylic oxidation sites excluding steroid dienone is 1. The van der Waals surface area contributed by atoms with E-state index in [0.717, 1.165) is 27.4 Å². The molecule has 2 amide bonds. The van der Waals surface area contributed by atoms with Gasteiger partial charge in [-0.2, -0.15) is 0 Å². The van der Waals surface area contributed by atoms with Crippen molar-refractivity contribution in [1.29, 1.82) is 0 Å². The summed E-state index contributed by atoms with van der Waals surface area (Å²) < 4.78 is 0. The standard InChI is InChI=1S/C32H28N4O4/c37-17-5-7-24(19-23-20-33-28-10-4-2-8-26(23)28)34-32(40)30(18-21-11-14-25(38)15-12-21)36-31(39)29-16-13-22-6-1-3-9-27(22)35-29/h1-17,20,24,30,33,38H,18-19H2,(H,34,40)(H,36,39)/t24-,30+/m1/s1. The molecule has 0 aliphatic heterocycles. The number of nitrogens with one attached hydrogen (secondary N) is 3. The number of H-pyrrole nitrogens is 1. The van der Waals surface area contributed by atoms with Crippen molar-refractivity contribution in [3.8, 4) is 5.75 Å². The Labute approximate surface area is 230 Å². The van der Waals surface area contributed by atoms with Gasteiger partial charge in [0.15, 0.2) is 0 Å². The van der Waals surface area contributed by atoms with E-state index in [1.807, 2.05) is 60.8 Å². The van der Waals surface area contributed by atoms with Crippen molar-refractivity contribution in [2.45, 2.75) is 24.9 Å². The Hall–Kier alpha value is -5.24. The van der Waals surface area contributed by atoms with Crippen LogP contribution in [0.1, 0.15) is 21.6 Å². The fourth-order valence-electron chi connectivity index (χ4n) is 4.67. The molecule has 40 heavy (non-hydrogen) atoms. The van der Waals surface area contributed by atoms with Crippen molar-refractivity contribution < 1.29 is 19.5 Å². The number of carbonyl (C=O) groups excluding carboxylic acids is 3. The molecule has 0 spiro atoms. The molecule has 8 heteroatoms. The van der Waals surface area contributed by atoms with Crippen LogP contribution >= 0.6 is 0 Å². The topological polar surface area (TPSA) is 124 Å². The molecule has 0 radical (unpaired) electrons. The van der Waals surface area contributed by atoms with E-state index in [1.165, 1.54) is 18.2 Å². The predicted molar refractivity (Wildman–Crippen MR) is 154 cm³/mol. The van der Waals surface area contributed by atoms with Crippen LogP contribution < -0.4 is 10.6 Å². The van der Waals surface area contributed by atoms with Crippen molar-refractivity contribution in [3.05, 3.63) is 120 Å². The number of phenolic OH excluding ortho intramolecular Hbond substituents is 1. The van der Waals surface area contributed by atoms with Crippen LogP contribution in [0.3, 0.4) is 0 Å². The first-order chi connectivity index (χ1) is 19.5. The van der Waals surface area contributed by atoms with Gasteiger partial charge in [0, 0.05) is 28.9 Å². The second-order valence-corrected chi connectivity index (χ2v) is 9.49. The third-order valence-corrected chi connectivity index (χ3v) is 6.69. The first-order valence-electron chi connectivity index (χ1n) is 12.9. The lowest BCUT2D eigenvalue weighted by Gasteiger charge is -2.22. The van der Waals surface area contributed by atoms with E-state index in [1.54, 1.807) is 24.3 Å². The Morgan fingerprint density at radius 3 is 2.50 bits per heavy atom. The number of phenols is 1. The lowest BCUT2D eigenvalue weighted by atomic mass is 10.0. The third-order valence-electron chi connectivity index (χ3n) is 6.69. The van der Waals surface area contributed by atoms with Gasteiger partial charge < -0.3 is 20.7 Å². The minimum atomic E-state index is -0.944. The Kier molecular flexibility index (Phi) is 7.97. The van der Waals surface area contributed by atoms with Crippen LogP contribution in [0.4, 0.5) is 0 Å². The van der Waals surface area contributed by atoms with Crippen LogP contribution in [0.2, 0.25) is 0 Å². The number of amides is 2. The second-order valence-electron chi connectivity index (χ2n) is 9.49. The van der Waals surface area contributed by atoms with Gasteiger partial charge in [-0.25, -0.2) is 4.98 Å². The average molecular weight is 533 g/mol. The molecule has 8 nitrogen and oxygen atoms in total. The van der Waals surface area contributed by atoms with E-state index in [2.05, 4.69) is 20.6 Å². The van der Waals surface area contributed by atoms with Crippen molar-refractivity contribution in [3.63, 3.8) is 0 Å². The number of rotatable bonds is 10. The van der Waals surface area contributed by atoms with Crippen LogP contribution in [0, 0.1) is 0 Å². The van der Waals surface area contributed by atoms with Crippen molar-refractivity contribution in [2.24, 2.45) is 0 Å². The predicted octanol–water partition coefficient (Wildman–Crippen LogP) is 4.25. The van der Waals surface area contributed by atoms with Crippen molar-refractivity contribution >= 4 is 39.9 Å². The Morgan fingerprint density at radius 1 is 0.900 bits per heavy atom. The number of benzene rings is 3. The number of hydrogen-bond donors (Lipinski definition) is 4. The normalized spacial score (nSPS) is 12.8. The van der Waals surface area contributed by atoms with E-state index < -0.39 is 23.9 Å². The third kappa shape index (κ3) is 6.24. The first kappa shape index (κ1) is 26.4. The fourth-order valence-corrected chi connectivity index (χ4v) is 4.67. The quantitative estimate of drug-likeness (QED) is 0.158. The van der Waals surface area contributed by atoms with Crippen LogP contribution in [-0.2, 0) is 22.4 Å². The second kappa shape index (κ2) is 12.1. The van der Waals surface area contributed by atoms with Gasteiger partial charge in [-0.1, -0.05) is 60.7 Å². The number of aromatic hydroxyl groups is 1. The van der Waals surface area contributed by atoms with Gasteiger partial charge in [0.05, 0.1) is 11.6 Å². The number of fused-ring (bicyclic) bond motifs is 2. The summed E-state index contributed by atoms with van der Waals surface area (Å²) >= 11 is 0. The van der Waals surface area contributed by atoms with Gasteiger partial charge in [0.2, 0.25) is 5.91 Å². The molecule has 0 bridgehead atoms. The molecule has 0 aliphatic carbocycles. The molecule has 0 unspecified atom stereocenters. The smallest absolute Gasteiger partial charge is 0.270 e. The molecule has 0 saturated heterocycles. The maximum absolute atomic E-state index is 13.6. The van der Waals surface area contributed by atoms with Gasteiger partial charge in [0.25, 0.3) is 5.91 Å². The number of para-hydroxylation sites is 2. The van der Waals surface area contributed by atoms with Crippen LogP contribution in [0.5, 0.6) is 5.75 Å². The Morgan fingerprint density at radius 2 is 1.68 bits per heavy atom. The zero-order chi connectivity index (χ0) is 27.9. The SMILES string of the molecule is O=CC=C[C@H](Cc1c[nH]c2ccccc12)NC(=O)[C@H](Cc1ccc(O)cc1)NC(=O)c1ccc2ccccc2n1. The van der Waals surface area contributed by atoms with Gasteiger partial charge >= 0.3 is 0 Å². The summed E-state index contributed by atoms with van der Waals surface area (Å²) in [5.74, 6) is -0.796. The molecule has 2 heterocycles. The molecule has 0 aliphatic rings. The van der Waals surface area contributed by atoms with E-state index in [9.17, 15) is 19.5 Å². The van der Waals surface area contributed by atoms with Gasteiger partial charge in [-0.3, -0.25) is 14.4 Å². The molecule has 3 aromatic carbocycles. The lowest BCUT2D eigenvalue weighted by molar-refractivity contribution is -0.123. The molecule has 4 N–H and O–H groups in total. The first-order valence-corrected chi connectivity index (χ1v) is 12.9. The summed E-state index contributed by atoms with van der Waals surface area (Å²) in [4.78, 5) is 45.7. The summed E-state index contributed by atoms with van der Waals surface area (Å²) in [7, 11) is 0. The maximum Gasteiger partial charge on any atom is 0.270 e. The zero-order valence-corrected chi connectivity index (χ0v) is 21.6. The van der Waals surface area contributed by atoms with E-state index in [4.69, 9.17) is 0 Å². The van der Waals surface area contributed by atoms with Crippen molar-refractivity contribution in [2.75, 3.05) is 0 Å². The summed E-state index contributed by atoms with van der Waals surface area (Å²) in [6, 6.07) is 23.8. The van der Waals surface area contributed by atoms with Crippen LogP contribution in [-0.4, -0.2) is 45.3 Å². The molecule has 5 aromatic rings. The number of aldehydes is 1. The minimum absolute atomic E-state index is 0.104. The number of nitrogens with zero attached hydrogens (tertiary/aromatic N) is 1. The average Bonchev–Trinajstić information content (AvgIpc) is 3.39. The van der Waals surface area contributed by atoms with Crippen molar-refractivity contribution in [1.82, 2.24) is 20.6 Å². The molecular formula is C32H28N4O4. The highest BCUT2D eigenvalue weighted by Crippen LogP contribution is 2.20. The lowest BCUT2D eigenvalue weighted by Crippen LogP contribution is -2.51. The number of aromatic nitrogens is 2. The molecule has 2 atom stereocenters. The summed E-state index contributed by atoms with van der Waals surface area (Å²) in [6.45, 7) is 0. The highest BCUT2D eigenvalue weighted by atomic mass is 16.3. The zero-order valence-electron chi connectivity index (χ0n) is 21.6.